The number of fused-ring (bicyclic) bond motifs is 3. The van der Waals surface area contributed by atoms with Gasteiger partial charge in [0.25, 0.3) is 5.56 Å². The summed E-state index contributed by atoms with van der Waals surface area (Å²) in [5, 5.41) is 0. The van der Waals surface area contributed by atoms with E-state index in [1.54, 1.807) is 17.6 Å². The Balaban J connectivity index is 2.06. The number of imidazole rings is 1. The summed E-state index contributed by atoms with van der Waals surface area (Å²) in [4.78, 5) is 28.6. The second kappa shape index (κ2) is 4.69. The Morgan fingerprint density at radius 3 is 2.48 bits per heavy atom. The van der Waals surface area contributed by atoms with Gasteiger partial charge in [-0.2, -0.15) is 4.98 Å². The molecule has 3 aromatic heterocycles. The minimum Gasteiger partial charge on any atom is -0.423 e. The third-order valence-electron chi connectivity index (χ3n) is 3.84. The van der Waals surface area contributed by atoms with E-state index < -0.39 is 11.2 Å². The number of aromatic nitrogens is 4. The molecule has 0 bridgehead atoms. The first-order valence-corrected chi connectivity index (χ1v) is 7.60. The first kappa shape index (κ1) is 14.0. The SMILES string of the molecule is Cn1c(=O)c2c(nc3oc(-c4ccc(Br)cc4)cn32)n(C)c1=O. The molecule has 0 N–H and O–H groups in total. The molecule has 0 fully saturated rings. The average Bonchev–Trinajstić information content (AvgIpc) is 3.09. The third-order valence-corrected chi connectivity index (χ3v) is 4.36. The van der Waals surface area contributed by atoms with E-state index in [2.05, 4.69) is 20.9 Å². The van der Waals surface area contributed by atoms with Crippen molar-refractivity contribution in [1.29, 1.82) is 0 Å². The molecule has 0 aliphatic rings. The van der Waals surface area contributed by atoms with E-state index >= 15 is 0 Å². The molecular weight excluding hydrogens is 364 g/mol. The van der Waals surface area contributed by atoms with Crippen LogP contribution < -0.4 is 11.2 Å². The van der Waals surface area contributed by atoms with Gasteiger partial charge >= 0.3 is 11.5 Å². The summed E-state index contributed by atoms with van der Waals surface area (Å²) >= 11 is 3.39. The van der Waals surface area contributed by atoms with Crippen LogP contribution in [0.4, 0.5) is 0 Å². The molecule has 3 heterocycles. The predicted octanol–water partition coefficient (Wildman–Crippen LogP) is 1.91. The van der Waals surface area contributed by atoms with Crippen LogP contribution in [0.1, 0.15) is 0 Å². The zero-order valence-corrected chi connectivity index (χ0v) is 13.9. The van der Waals surface area contributed by atoms with Crippen LogP contribution in [-0.2, 0) is 14.1 Å². The van der Waals surface area contributed by atoms with Crippen LogP contribution in [0.2, 0.25) is 0 Å². The van der Waals surface area contributed by atoms with Gasteiger partial charge in [-0.25, -0.2) is 4.79 Å². The minimum atomic E-state index is -0.420. The first-order valence-electron chi connectivity index (χ1n) is 6.81. The van der Waals surface area contributed by atoms with E-state index in [0.29, 0.717) is 16.9 Å². The summed E-state index contributed by atoms with van der Waals surface area (Å²) in [6.45, 7) is 0. The quantitative estimate of drug-likeness (QED) is 0.510. The molecule has 0 saturated heterocycles. The highest BCUT2D eigenvalue weighted by atomic mass is 79.9. The van der Waals surface area contributed by atoms with E-state index in [1.807, 2.05) is 24.3 Å². The molecule has 0 atom stereocenters. The Morgan fingerprint density at radius 1 is 1.09 bits per heavy atom. The van der Waals surface area contributed by atoms with Gasteiger partial charge in [0.2, 0.25) is 0 Å². The fourth-order valence-electron chi connectivity index (χ4n) is 2.58. The van der Waals surface area contributed by atoms with Gasteiger partial charge in [-0.05, 0) is 12.1 Å². The lowest BCUT2D eigenvalue weighted by molar-refractivity contribution is 0.610. The van der Waals surface area contributed by atoms with Crippen molar-refractivity contribution >= 4 is 32.9 Å². The molecule has 0 aliphatic heterocycles. The molecule has 23 heavy (non-hydrogen) atoms. The summed E-state index contributed by atoms with van der Waals surface area (Å²) in [7, 11) is 3.02. The molecule has 4 rings (SSSR count). The van der Waals surface area contributed by atoms with Crippen molar-refractivity contribution in [3.63, 3.8) is 0 Å². The van der Waals surface area contributed by atoms with Crippen molar-refractivity contribution < 1.29 is 4.42 Å². The van der Waals surface area contributed by atoms with Crippen LogP contribution in [0.5, 0.6) is 0 Å². The van der Waals surface area contributed by atoms with Gasteiger partial charge in [0.1, 0.15) is 0 Å². The summed E-state index contributed by atoms with van der Waals surface area (Å²) in [5.41, 5.74) is 0.666. The average molecular weight is 375 g/mol. The molecule has 0 radical (unpaired) electrons. The van der Waals surface area contributed by atoms with Crippen LogP contribution in [0, 0.1) is 0 Å². The molecule has 116 valence electrons. The third kappa shape index (κ3) is 1.91. The maximum absolute atomic E-state index is 12.4. The van der Waals surface area contributed by atoms with Crippen molar-refractivity contribution in [2.75, 3.05) is 0 Å². The lowest BCUT2D eigenvalue weighted by atomic mass is 10.2. The van der Waals surface area contributed by atoms with Crippen LogP contribution in [-0.4, -0.2) is 18.5 Å². The number of hydrogen-bond donors (Lipinski definition) is 0. The molecular formula is C15H11BrN4O3. The maximum Gasteiger partial charge on any atom is 0.332 e. The number of rotatable bonds is 1. The Hall–Kier alpha value is -2.61. The molecule has 0 aliphatic carbocycles. The molecule has 7 nitrogen and oxygen atoms in total. The smallest absolute Gasteiger partial charge is 0.332 e. The Kier molecular flexibility index (Phi) is 2.86. The van der Waals surface area contributed by atoms with Gasteiger partial charge in [-0.15, -0.1) is 0 Å². The minimum absolute atomic E-state index is 0.274. The number of aryl methyl sites for hydroxylation is 1. The normalized spacial score (nSPS) is 11.6. The molecule has 0 unspecified atom stereocenters. The van der Waals surface area contributed by atoms with Crippen LogP contribution in [0.25, 0.3) is 28.3 Å². The molecule has 0 spiro atoms. The van der Waals surface area contributed by atoms with E-state index in [1.165, 1.54) is 11.6 Å². The lowest BCUT2D eigenvalue weighted by Crippen LogP contribution is -2.37. The highest BCUT2D eigenvalue weighted by Crippen LogP contribution is 2.25. The van der Waals surface area contributed by atoms with Crippen molar-refractivity contribution in [3.8, 4) is 11.3 Å². The second-order valence-electron chi connectivity index (χ2n) is 5.24. The summed E-state index contributed by atoms with van der Waals surface area (Å²) in [6.07, 6.45) is 1.71. The van der Waals surface area contributed by atoms with E-state index in [4.69, 9.17) is 4.42 Å². The lowest BCUT2D eigenvalue weighted by Gasteiger charge is -2.02. The number of benzene rings is 1. The topological polar surface area (TPSA) is 74.4 Å². The summed E-state index contributed by atoms with van der Waals surface area (Å²) < 4.78 is 10.7. The highest BCUT2D eigenvalue weighted by Gasteiger charge is 2.18. The van der Waals surface area contributed by atoms with Gasteiger partial charge in [-0.3, -0.25) is 18.3 Å². The Morgan fingerprint density at radius 2 is 1.78 bits per heavy atom. The highest BCUT2D eigenvalue weighted by molar-refractivity contribution is 9.10. The van der Waals surface area contributed by atoms with E-state index in [0.717, 1.165) is 14.6 Å². The fraction of sp³-hybridized carbons (Fsp3) is 0.133. The van der Waals surface area contributed by atoms with Crippen molar-refractivity contribution in [2.45, 2.75) is 0 Å². The number of hydrogen-bond acceptors (Lipinski definition) is 4. The van der Waals surface area contributed by atoms with Gasteiger partial charge in [0.15, 0.2) is 16.9 Å². The van der Waals surface area contributed by atoms with E-state index in [9.17, 15) is 9.59 Å². The molecule has 0 amide bonds. The maximum atomic E-state index is 12.4. The van der Waals surface area contributed by atoms with Crippen molar-refractivity contribution in [3.05, 3.63) is 55.8 Å². The van der Waals surface area contributed by atoms with E-state index in [-0.39, 0.29) is 5.84 Å². The standard InChI is InChI=1S/C15H11BrN4O3/c1-18-12-11(13(21)19(2)15(18)22)20-7-10(23-14(20)17-12)8-3-5-9(16)6-4-8/h3-7H,1-2H3. The van der Waals surface area contributed by atoms with Gasteiger partial charge < -0.3 is 4.42 Å². The van der Waals surface area contributed by atoms with Crippen LogP contribution >= 0.6 is 15.9 Å². The van der Waals surface area contributed by atoms with Crippen LogP contribution in [0.3, 0.4) is 0 Å². The van der Waals surface area contributed by atoms with Crippen molar-refractivity contribution in [2.24, 2.45) is 14.1 Å². The van der Waals surface area contributed by atoms with Crippen LogP contribution in [0.15, 0.2) is 48.9 Å². The number of oxazole rings is 1. The number of nitrogens with zero attached hydrogens (tertiary/aromatic N) is 4. The van der Waals surface area contributed by atoms with Crippen molar-refractivity contribution in [1.82, 2.24) is 18.5 Å². The van der Waals surface area contributed by atoms with Gasteiger partial charge in [0, 0.05) is 24.1 Å². The van der Waals surface area contributed by atoms with Gasteiger partial charge in [-0.1, -0.05) is 28.1 Å². The monoisotopic (exact) mass is 374 g/mol. The molecule has 1 aromatic carbocycles. The molecule has 4 aromatic rings. The number of halogens is 1. The zero-order chi connectivity index (χ0) is 16.3. The van der Waals surface area contributed by atoms with Gasteiger partial charge in [0.05, 0.1) is 6.20 Å². The Labute approximate surface area is 137 Å². The fourth-order valence-corrected chi connectivity index (χ4v) is 2.84. The first-order chi connectivity index (χ1) is 11.0. The summed E-state index contributed by atoms with van der Waals surface area (Å²) in [5.74, 6) is 0.869. The molecule has 0 saturated carbocycles. The largest absolute Gasteiger partial charge is 0.423 e. The molecule has 8 heteroatoms. The second-order valence-corrected chi connectivity index (χ2v) is 6.16. The summed E-state index contributed by atoms with van der Waals surface area (Å²) in [6, 6.07) is 7.61. The zero-order valence-electron chi connectivity index (χ0n) is 12.3. The predicted molar refractivity (Wildman–Crippen MR) is 88.6 cm³/mol. The Bertz CT molecular complexity index is 1180.